The highest BCUT2D eigenvalue weighted by Gasteiger charge is 2.27. The van der Waals surface area contributed by atoms with Gasteiger partial charge in [-0.05, 0) is 64.4 Å². The number of esters is 1. The molecule has 1 aromatic carbocycles. The van der Waals surface area contributed by atoms with E-state index in [0.29, 0.717) is 27.5 Å². The van der Waals surface area contributed by atoms with Crippen LogP contribution in [0.3, 0.4) is 0 Å². The summed E-state index contributed by atoms with van der Waals surface area (Å²) in [5.74, 6) is -0.957. The first kappa shape index (κ1) is 21.3. The number of H-pyrrole nitrogens is 1. The second-order valence-corrected chi connectivity index (χ2v) is 8.19. The molecule has 1 N–H and O–H groups in total. The van der Waals surface area contributed by atoms with Crippen molar-refractivity contribution in [2.24, 2.45) is 0 Å². The van der Waals surface area contributed by atoms with Gasteiger partial charge in [0.15, 0.2) is 11.9 Å². The maximum Gasteiger partial charge on any atom is 0.319 e. The number of carbonyl (C=O) groups excluding carboxylic acids is 3. The van der Waals surface area contributed by atoms with Crippen molar-refractivity contribution in [3.05, 3.63) is 51.8 Å². The Morgan fingerprint density at radius 1 is 1.11 bits per heavy atom. The van der Waals surface area contributed by atoms with Crippen molar-refractivity contribution in [2.75, 3.05) is 0 Å². The zero-order valence-electron chi connectivity index (χ0n) is 15.9. The lowest BCUT2D eigenvalue weighted by atomic mass is 10.0. The molecule has 7 heteroatoms. The molecule has 144 valence electrons. The summed E-state index contributed by atoms with van der Waals surface area (Å²) in [6, 6.07) is 7.13. The molecule has 0 aliphatic rings. The fraction of sp³-hybridized carbons (Fsp3) is 0.350. The molecular formula is C20H22ClNO4S. The van der Waals surface area contributed by atoms with Gasteiger partial charge in [0.2, 0.25) is 5.78 Å². The van der Waals surface area contributed by atoms with Gasteiger partial charge in [-0.2, -0.15) is 0 Å². The molecule has 1 aromatic heterocycles. The van der Waals surface area contributed by atoms with E-state index in [0.717, 1.165) is 4.90 Å². The second kappa shape index (κ2) is 8.76. The van der Waals surface area contributed by atoms with Gasteiger partial charge >= 0.3 is 5.97 Å². The van der Waals surface area contributed by atoms with Crippen molar-refractivity contribution in [3.63, 3.8) is 0 Å². The first-order chi connectivity index (χ1) is 12.6. The Morgan fingerprint density at radius 3 is 2.22 bits per heavy atom. The molecule has 2 atom stereocenters. The Balaban J connectivity index is 2.05. The summed E-state index contributed by atoms with van der Waals surface area (Å²) < 4.78 is 5.35. The lowest BCUT2D eigenvalue weighted by molar-refractivity contribution is -0.145. The lowest BCUT2D eigenvalue weighted by Gasteiger charge is -2.16. The van der Waals surface area contributed by atoms with E-state index >= 15 is 0 Å². The van der Waals surface area contributed by atoms with Gasteiger partial charge in [0.05, 0.1) is 5.69 Å². The highest BCUT2D eigenvalue weighted by molar-refractivity contribution is 8.00. The third kappa shape index (κ3) is 5.02. The smallest absolute Gasteiger partial charge is 0.319 e. The normalized spacial score (nSPS) is 13.1. The Kier molecular flexibility index (Phi) is 6.89. The molecule has 0 radical (unpaired) electrons. The molecule has 27 heavy (non-hydrogen) atoms. The molecule has 0 bridgehead atoms. The van der Waals surface area contributed by atoms with E-state index in [4.69, 9.17) is 16.3 Å². The van der Waals surface area contributed by atoms with Crippen LogP contribution in [0.25, 0.3) is 0 Å². The quantitative estimate of drug-likeness (QED) is 0.406. The number of nitrogens with one attached hydrogen (secondary N) is 1. The van der Waals surface area contributed by atoms with Gasteiger partial charge in [-0.15, -0.1) is 11.8 Å². The number of halogens is 1. The number of Topliss-reactive ketones (excluding diaryl/α,β-unsaturated/α-hetero) is 2. The molecule has 1 heterocycles. The Hall–Kier alpha value is -2.05. The lowest BCUT2D eigenvalue weighted by Crippen LogP contribution is -2.29. The van der Waals surface area contributed by atoms with Crippen molar-refractivity contribution in [1.82, 2.24) is 4.98 Å². The monoisotopic (exact) mass is 407 g/mol. The van der Waals surface area contributed by atoms with Crippen LogP contribution >= 0.6 is 23.4 Å². The number of aryl methyl sites for hydroxylation is 1. The summed E-state index contributed by atoms with van der Waals surface area (Å²) in [4.78, 5) is 40.6. The summed E-state index contributed by atoms with van der Waals surface area (Å²) in [6.07, 6.45) is -0.956. The van der Waals surface area contributed by atoms with E-state index in [-0.39, 0.29) is 11.6 Å². The Morgan fingerprint density at radius 2 is 1.70 bits per heavy atom. The maximum absolute atomic E-state index is 12.7. The minimum absolute atomic E-state index is 0.113. The van der Waals surface area contributed by atoms with Gasteiger partial charge in [-0.3, -0.25) is 14.4 Å². The number of benzene rings is 1. The van der Waals surface area contributed by atoms with Crippen LogP contribution in [0.2, 0.25) is 5.02 Å². The van der Waals surface area contributed by atoms with E-state index in [1.165, 1.54) is 25.6 Å². The third-order valence-electron chi connectivity index (χ3n) is 4.16. The number of aromatic amines is 1. The molecule has 0 aliphatic heterocycles. The van der Waals surface area contributed by atoms with E-state index in [9.17, 15) is 14.4 Å². The largest absolute Gasteiger partial charge is 0.453 e. The summed E-state index contributed by atoms with van der Waals surface area (Å²) >= 11 is 7.18. The molecule has 5 nitrogen and oxygen atoms in total. The predicted molar refractivity (Wildman–Crippen MR) is 107 cm³/mol. The number of thioether (sulfide) groups is 1. The molecule has 0 fully saturated rings. The van der Waals surface area contributed by atoms with E-state index in [2.05, 4.69) is 4.98 Å². The van der Waals surface area contributed by atoms with Gasteiger partial charge in [0.25, 0.3) is 0 Å². The van der Waals surface area contributed by atoms with Gasteiger partial charge in [-0.25, -0.2) is 0 Å². The number of ketones is 2. The first-order valence-corrected chi connectivity index (χ1v) is 9.74. The average molecular weight is 408 g/mol. The van der Waals surface area contributed by atoms with E-state index in [1.54, 1.807) is 32.9 Å². The molecule has 2 aromatic rings. The number of hydrogen-bond donors (Lipinski definition) is 1. The highest BCUT2D eigenvalue weighted by Crippen LogP contribution is 2.26. The van der Waals surface area contributed by atoms with E-state index < -0.39 is 17.3 Å². The van der Waals surface area contributed by atoms with Crippen molar-refractivity contribution in [2.45, 2.75) is 50.9 Å². The summed E-state index contributed by atoms with van der Waals surface area (Å²) in [5.41, 5.74) is 2.02. The third-order valence-corrected chi connectivity index (χ3v) is 5.50. The number of aromatic nitrogens is 1. The molecule has 2 rings (SSSR count). The van der Waals surface area contributed by atoms with Crippen LogP contribution < -0.4 is 0 Å². The van der Waals surface area contributed by atoms with Crippen LogP contribution in [0.15, 0.2) is 29.2 Å². The van der Waals surface area contributed by atoms with Crippen molar-refractivity contribution < 1.29 is 19.1 Å². The Labute approximate surface area is 167 Å². The number of rotatable bonds is 7. The molecule has 0 spiro atoms. The van der Waals surface area contributed by atoms with Crippen LogP contribution in [0, 0.1) is 13.8 Å². The molecule has 0 saturated carbocycles. The highest BCUT2D eigenvalue weighted by atomic mass is 35.5. The van der Waals surface area contributed by atoms with Crippen LogP contribution in [0.5, 0.6) is 0 Å². The molecular weight excluding hydrogens is 386 g/mol. The SMILES string of the molecule is CC(=O)c1c(C)[nH]c(C(=O)[C@H](C)OC(=O)[C@@H](C)Sc2ccc(Cl)cc2)c1C. The summed E-state index contributed by atoms with van der Waals surface area (Å²) in [6.45, 7) is 8.15. The van der Waals surface area contributed by atoms with Crippen molar-refractivity contribution >= 4 is 40.9 Å². The van der Waals surface area contributed by atoms with Crippen LogP contribution in [-0.2, 0) is 9.53 Å². The molecule has 0 unspecified atom stereocenters. The van der Waals surface area contributed by atoms with Crippen molar-refractivity contribution in [1.29, 1.82) is 0 Å². The fourth-order valence-electron chi connectivity index (χ4n) is 2.82. The number of hydrogen-bond acceptors (Lipinski definition) is 5. The number of carbonyl (C=O) groups is 3. The van der Waals surface area contributed by atoms with Gasteiger partial charge in [-0.1, -0.05) is 11.6 Å². The standard InChI is InChI=1S/C20H22ClNO4S/c1-10-17(12(3)23)11(2)22-18(10)19(24)13(4)26-20(25)14(5)27-16-8-6-15(21)7-9-16/h6-9,13-14,22H,1-5H3/t13-,14+/m0/s1. The van der Waals surface area contributed by atoms with Crippen LogP contribution in [-0.4, -0.2) is 33.9 Å². The van der Waals surface area contributed by atoms with Gasteiger partial charge in [0.1, 0.15) is 5.25 Å². The Bertz CT molecular complexity index is 873. The summed E-state index contributed by atoms with van der Waals surface area (Å²) in [5, 5.41) is 0.135. The maximum atomic E-state index is 12.7. The van der Waals surface area contributed by atoms with Gasteiger partial charge in [0, 0.05) is 21.2 Å². The first-order valence-electron chi connectivity index (χ1n) is 8.48. The minimum atomic E-state index is -0.956. The van der Waals surface area contributed by atoms with Crippen molar-refractivity contribution in [3.8, 4) is 0 Å². The fourth-order valence-corrected chi connectivity index (χ4v) is 3.80. The van der Waals surface area contributed by atoms with Gasteiger partial charge < -0.3 is 9.72 Å². The zero-order chi connectivity index (χ0) is 20.3. The van der Waals surface area contributed by atoms with Crippen LogP contribution in [0.4, 0.5) is 0 Å². The predicted octanol–water partition coefficient (Wildman–Crippen LogP) is 4.78. The second-order valence-electron chi connectivity index (χ2n) is 6.34. The topological polar surface area (TPSA) is 76.2 Å². The minimum Gasteiger partial charge on any atom is -0.453 e. The molecule has 0 amide bonds. The number of ether oxygens (including phenoxy) is 1. The average Bonchev–Trinajstić information content (AvgIpc) is 2.90. The molecule has 0 saturated heterocycles. The molecule has 0 aliphatic carbocycles. The van der Waals surface area contributed by atoms with E-state index in [1.807, 2.05) is 12.1 Å². The van der Waals surface area contributed by atoms with Crippen LogP contribution in [0.1, 0.15) is 52.9 Å². The summed E-state index contributed by atoms with van der Waals surface area (Å²) in [7, 11) is 0. The zero-order valence-corrected chi connectivity index (χ0v) is 17.5.